The lowest BCUT2D eigenvalue weighted by molar-refractivity contribution is -0.118. The lowest BCUT2D eigenvalue weighted by Crippen LogP contribution is -2.39. The molecule has 138 valence electrons. The molecule has 0 saturated carbocycles. The van der Waals surface area contributed by atoms with Gasteiger partial charge in [0.1, 0.15) is 11.4 Å². The predicted octanol–water partition coefficient (Wildman–Crippen LogP) is 3.92. The minimum atomic E-state index is -0.571. The molecule has 6 nitrogen and oxygen atoms in total. The average molecular weight is 347 g/mol. The molecule has 2 heterocycles. The normalized spacial score (nSPS) is 17.4. The first kappa shape index (κ1) is 19.2. The molecule has 0 N–H and O–H groups in total. The highest BCUT2D eigenvalue weighted by molar-refractivity contribution is 5.87. The van der Waals surface area contributed by atoms with Gasteiger partial charge in [0.2, 0.25) is 6.41 Å². The third kappa shape index (κ3) is 4.94. The molecule has 0 bridgehead atoms. The van der Waals surface area contributed by atoms with Crippen molar-refractivity contribution < 1.29 is 14.3 Å². The molecule has 0 unspecified atom stereocenters. The SMILES string of the molecule is CCCCN(C(=O)OC(C)(C)C)c1ncccc1[C@H]1CCCN1C=O. The van der Waals surface area contributed by atoms with Crippen molar-refractivity contribution in [2.24, 2.45) is 0 Å². The second-order valence-corrected chi connectivity index (χ2v) is 7.40. The maximum Gasteiger partial charge on any atom is 0.416 e. The summed E-state index contributed by atoms with van der Waals surface area (Å²) in [5, 5.41) is 0. The Morgan fingerprint density at radius 1 is 1.48 bits per heavy atom. The van der Waals surface area contributed by atoms with Crippen LogP contribution in [0.15, 0.2) is 18.3 Å². The van der Waals surface area contributed by atoms with Crippen LogP contribution in [0.2, 0.25) is 0 Å². The van der Waals surface area contributed by atoms with Crippen LogP contribution in [0.3, 0.4) is 0 Å². The van der Waals surface area contributed by atoms with Gasteiger partial charge in [0, 0.05) is 24.8 Å². The smallest absolute Gasteiger partial charge is 0.416 e. The van der Waals surface area contributed by atoms with Gasteiger partial charge in [0.05, 0.1) is 6.04 Å². The van der Waals surface area contributed by atoms with Gasteiger partial charge in [-0.1, -0.05) is 19.4 Å². The van der Waals surface area contributed by atoms with Crippen LogP contribution in [0.1, 0.15) is 65.0 Å². The number of amides is 2. The lowest BCUT2D eigenvalue weighted by atomic mass is 10.0. The van der Waals surface area contributed by atoms with Gasteiger partial charge >= 0.3 is 6.09 Å². The van der Waals surface area contributed by atoms with Crippen LogP contribution in [0.25, 0.3) is 0 Å². The highest BCUT2D eigenvalue weighted by Gasteiger charge is 2.31. The molecule has 1 aromatic rings. The summed E-state index contributed by atoms with van der Waals surface area (Å²) in [5.41, 5.74) is 0.340. The molecule has 2 rings (SSSR count). The topological polar surface area (TPSA) is 62.7 Å². The van der Waals surface area contributed by atoms with Crippen molar-refractivity contribution in [1.82, 2.24) is 9.88 Å². The number of anilines is 1. The molecule has 1 atom stereocenters. The summed E-state index contributed by atoms with van der Waals surface area (Å²) in [7, 11) is 0. The van der Waals surface area contributed by atoms with Crippen molar-refractivity contribution in [1.29, 1.82) is 0 Å². The minimum Gasteiger partial charge on any atom is -0.443 e. The summed E-state index contributed by atoms with van der Waals surface area (Å²) in [5.74, 6) is 0.601. The van der Waals surface area contributed by atoms with Crippen molar-refractivity contribution >= 4 is 18.3 Å². The summed E-state index contributed by atoms with van der Waals surface area (Å²) in [4.78, 5) is 32.0. The Bertz CT molecular complexity index is 598. The van der Waals surface area contributed by atoms with Crippen molar-refractivity contribution in [3.05, 3.63) is 23.9 Å². The number of hydrogen-bond acceptors (Lipinski definition) is 4. The van der Waals surface area contributed by atoms with Gasteiger partial charge in [-0.15, -0.1) is 0 Å². The van der Waals surface area contributed by atoms with E-state index >= 15 is 0 Å². The Labute approximate surface area is 150 Å². The molecule has 1 saturated heterocycles. The zero-order chi connectivity index (χ0) is 18.4. The van der Waals surface area contributed by atoms with E-state index in [4.69, 9.17) is 4.74 Å². The van der Waals surface area contributed by atoms with Gasteiger partial charge in [-0.25, -0.2) is 9.78 Å². The molecule has 1 aliphatic heterocycles. The van der Waals surface area contributed by atoms with Crippen LogP contribution < -0.4 is 4.90 Å². The number of rotatable bonds is 6. The quantitative estimate of drug-likeness (QED) is 0.732. The van der Waals surface area contributed by atoms with E-state index in [1.54, 1.807) is 16.0 Å². The first-order valence-electron chi connectivity index (χ1n) is 9.04. The van der Waals surface area contributed by atoms with Crippen molar-refractivity contribution in [3.63, 3.8) is 0 Å². The first-order valence-corrected chi connectivity index (χ1v) is 9.04. The van der Waals surface area contributed by atoms with Crippen molar-refractivity contribution in [3.8, 4) is 0 Å². The van der Waals surface area contributed by atoms with Crippen LogP contribution in [-0.2, 0) is 9.53 Å². The molecule has 0 aromatic carbocycles. The average Bonchev–Trinajstić information content (AvgIpc) is 3.02. The highest BCUT2D eigenvalue weighted by atomic mass is 16.6. The van der Waals surface area contributed by atoms with E-state index in [1.165, 1.54) is 0 Å². The van der Waals surface area contributed by atoms with Crippen molar-refractivity contribution in [2.45, 2.75) is 65.0 Å². The molecule has 1 aromatic heterocycles. The molecule has 25 heavy (non-hydrogen) atoms. The number of aromatic nitrogens is 1. The fourth-order valence-corrected chi connectivity index (χ4v) is 3.06. The van der Waals surface area contributed by atoms with Gasteiger partial charge in [-0.2, -0.15) is 0 Å². The Kier molecular flexibility index (Phi) is 6.39. The Balaban J connectivity index is 2.36. The summed E-state index contributed by atoms with van der Waals surface area (Å²) >= 11 is 0. The lowest BCUT2D eigenvalue weighted by Gasteiger charge is -2.30. The van der Waals surface area contributed by atoms with E-state index < -0.39 is 11.7 Å². The monoisotopic (exact) mass is 347 g/mol. The van der Waals surface area contributed by atoms with E-state index in [0.29, 0.717) is 12.4 Å². The minimum absolute atomic E-state index is 0.0345. The number of carbonyl (C=O) groups is 2. The van der Waals surface area contributed by atoms with Crippen LogP contribution in [-0.4, -0.2) is 41.1 Å². The van der Waals surface area contributed by atoms with E-state index in [9.17, 15) is 9.59 Å². The number of likely N-dealkylation sites (tertiary alicyclic amines) is 1. The van der Waals surface area contributed by atoms with Gasteiger partial charge in [0.25, 0.3) is 0 Å². The molecule has 1 fully saturated rings. The van der Waals surface area contributed by atoms with Crippen LogP contribution in [0, 0.1) is 0 Å². The number of hydrogen-bond donors (Lipinski definition) is 0. The number of carbonyl (C=O) groups excluding carboxylic acids is 2. The number of unbranched alkanes of at least 4 members (excludes halogenated alkanes) is 1. The summed E-state index contributed by atoms with van der Waals surface area (Å²) in [6.07, 6.45) is 5.84. The number of nitrogens with zero attached hydrogens (tertiary/aromatic N) is 3. The van der Waals surface area contributed by atoms with E-state index in [0.717, 1.165) is 44.2 Å². The zero-order valence-corrected chi connectivity index (χ0v) is 15.7. The van der Waals surface area contributed by atoms with E-state index in [1.807, 2.05) is 32.9 Å². The predicted molar refractivity (Wildman–Crippen MR) is 97.5 cm³/mol. The molecule has 0 radical (unpaired) electrons. The van der Waals surface area contributed by atoms with Gasteiger partial charge in [-0.3, -0.25) is 9.69 Å². The summed E-state index contributed by atoms with van der Waals surface area (Å²) < 4.78 is 5.59. The van der Waals surface area contributed by atoms with E-state index in [-0.39, 0.29) is 6.04 Å². The zero-order valence-electron chi connectivity index (χ0n) is 15.7. The van der Waals surface area contributed by atoms with Gasteiger partial charge in [0.15, 0.2) is 0 Å². The van der Waals surface area contributed by atoms with Crippen molar-refractivity contribution in [2.75, 3.05) is 18.0 Å². The highest BCUT2D eigenvalue weighted by Crippen LogP contribution is 2.35. The standard InChI is InChI=1S/C19H29N3O3/c1-5-6-13-22(18(24)25-19(2,3)4)17-15(9-7-11-20-17)16-10-8-12-21(16)14-23/h7,9,11,14,16H,5-6,8,10,12-13H2,1-4H3/t16-/m1/s1. The molecule has 6 heteroatoms. The maximum absolute atomic E-state index is 12.8. The van der Waals surface area contributed by atoms with Crippen LogP contribution in [0.4, 0.5) is 10.6 Å². The first-order chi connectivity index (χ1) is 11.9. The fourth-order valence-electron chi connectivity index (χ4n) is 3.06. The van der Waals surface area contributed by atoms with Crippen LogP contribution in [0.5, 0.6) is 0 Å². The Morgan fingerprint density at radius 2 is 2.24 bits per heavy atom. The third-order valence-corrected chi connectivity index (χ3v) is 4.21. The summed E-state index contributed by atoms with van der Waals surface area (Å²) in [6.45, 7) is 8.93. The second kappa shape index (κ2) is 8.32. The Hall–Kier alpha value is -2.11. The maximum atomic E-state index is 12.8. The Morgan fingerprint density at radius 3 is 2.88 bits per heavy atom. The number of ether oxygens (including phenoxy) is 1. The van der Waals surface area contributed by atoms with Gasteiger partial charge < -0.3 is 9.64 Å². The van der Waals surface area contributed by atoms with Crippen LogP contribution >= 0.6 is 0 Å². The largest absolute Gasteiger partial charge is 0.443 e. The molecule has 0 aliphatic carbocycles. The molecule has 2 amide bonds. The van der Waals surface area contributed by atoms with E-state index in [2.05, 4.69) is 11.9 Å². The molecule has 1 aliphatic rings. The van der Waals surface area contributed by atoms with Gasteiger partial charge in [-0.05, 0) is 46.1 Å². The summed E-state index contributed by atoms with van der Waals surface area (Å²) in [6, 6.07) is 3.78. The third-order valence-electron chi connectivity index (χ3n) is 4.21. The molecular formula is C19H29N3O3. The molecule has 0 spiro atoms. The molecular weight excluding hydrogens is 318 g/mol. The fraction of sp³-hybridized carbons (Fsp3) is 0.632. The second-order valence-electron chi connectivity index (χ2n) is 7.40. The number of pyridine rings is 1.